The SMILES string of the molecule is CC=CN1C=C(C)N=C(C)C1C. The van der Waals surface area contributed by atoms with Gasteiger partial charge in [-0.15, -0.1) is 0 Å². The third kappa shape index (κ3) is 1.76. The molecule has 0 aromatic rings. The molecule has 1 atom stereocenters. The smallest absolute Gasteiger partial charge is 0.0681 e. The van der Waals surface area contributed by atoms with E-state index in [0.29, 0.717) is 6.04 Å². The molecule has 0 aliphatic carbocycles. The molecule has 0 saturated heterocycles. The Morgan fingerprint density at radius 3 is 2.75 bits per heavy atom. The van der Waals surface area contributed by atoms with E-state index in [1.807, 2.05) is 19.9 Å². The maximum absolute atomic E-state index is 4.40. The fraction of sp³-hybridized carbons (Fsp3) is 0.500. The van der Waals surface area contributed by atoms with E-state index in [1.165, 1.54) is 5.71 Å². The van der Waals surface area contributed by atoms with Gasteiger partial charge in [0, 0.05) is 18.1 Å². The average molecular weight is 164 g/mol. The monoisotopic (exact) mass is 164 g/mol. The van der Waals surface area contributed by atoms with E-state index in [-0.39, 0.29) is 0 Å². The second kappa shape index (κ2) is 3.57. The normalized spacial score (nSPS) is 24.3. The second-order valence-corrected chi connectivity index (χ2v) is 3.13. The molecule has 1 rings (SSSR count). The van der Waals surface area contributed by atoms with Crippen LogP contribution in [0.4, 0.5) is 0 Å². The summed E-state index contributed by atoms with van der Waals surface area (Å²) >= 11 is 0. The molecule has 1 aliphatic heterocycles. The molecule has 0 N–H and O–H groups in total. The summed E-state index contributed by atoms with van der Waals surface area (Å²) in [5, 5.41) is 0. The lowest BCUT2D eigenvalue weighted by Gasteiger charge is -2.27. The van der Waals surface area contributed by atoms with Crippen LogP contribution in [0.15, 0.2) is 29.2 Å². The van der Waals surface area contributed by atoms with Crippen molar-refractivity contribution in [3.8, 4) is 0 Å². The van der Waals surface area contributed by atoms with Crippen molar-refractivity contribution in [1.29, 1.82) is 0 Å². The van der Waals surface area contributed by atoms with E-state index in [1.54, 1.807) is 0 Å². The van der Waals surface area contributed by atoms with Crippen molar-refractivity contribution >= 4 is 5.71 Å². The zero-order valence-corrected chi connectivity index (χ0v) is 8.20. The summed E-state index contributed by atoms with van der Waals surface area (Å²) < 4.78 is 0. The molecule has 2 heteroatoms. The van der Waals surface area contributed by atoms with Crippen molar-refractivity contribution in [2.45, 2.75) is 33.7 Å². The van der Waals surface area contributed by atoms with Crippen LogP contribution in [0.1, 0.15) is 27.7 Å². The predicted octanol–water partition coefficient (Wildman–Crippen LogP) is 2.55. The van der Waals surface area contributed by atoms with E-state index in [2.05, 4.69) is 36.1 Å². The van der Waals surface area contributed by atoms with Gasteiger partial charge in [-0.05, 0) is 27.7 Å². The lowest BCUT2D eigenvalue weighted by Crippen LogP contribution is -2.32. The Bertz CT molecular complexity index is 249. The number of aliphatic imine (C=N–C) groups is 1. The fourth-order valence-electron chi connectivity index (χ4n) is 1.29. The zero-order valence-electron chi connectivity index (χ0n) is 8.20. The summed E-state index contributed by atoms with van der Waals surface area (Å²) in [5.74, 6) is 0. The lowest BCUT2D eigenvalue weighted by molar-refractivity contribution is 0.459. The number of hydrogen-bond donors (Lipinski definition) is 0. The highest BCUT2D eigenvalue weighted by atomic mass is 15.2. The molecule has 0 fully saturated rings. The molecule has 0 aromatic carbocycles. The second-order valence-electron chi connectivity index (χ2n) is 3.13. The van der Waals surface area contributed by atoms with Crippen LogP contribution >= 0.6 is 0 Å². The van der Waals surface area contributed by atoms with Crippen LogP contribution in [0.2, 0.25) is 0 Å². The van der Waals surface area contributed by atoms with Gasteiger partial charge in [-0.2, -0.15) is 0 Å². The minimum atomic E-state index is 0.393. The summed E-state index contributed by atoms with van der Waals surface area (Å²) in [4.78, 5) is 6.58. The lowest BCUT2D eigenvalue weighted by atomic mass is 10.1. The Hall–Kier alpha value is -1.05. The highest BCUT2D eigenvalue weighted by molar-refractivity contribution is 5.88. The van der Waals surface area contributed by atoms with Gasteiger partial charge in [0.25, 0.3) is 0 Å². The van der Waals surface area contributed by atoms with Crippen molar-refractivity contribution in [2.24, 2.45) is 4.99 Å². The molecular formula is C10H16N2. The van der Waals surface area contributed by atoms with Crippen LogP contribution in [0.5, 0.6) is 0 Å². The van der Waals surface area contributed by atoms with Gasteiger partial charge in [0.1, 0.15) is 0 Å². The van der Waals surface area contributed by atoms with E-state index < -0.39 is 0 Å². The number of rotatable bonds is 1. The van der Waals surface area contributed by atoms with Crippen molar-refractivity contribution in [3.05, 3.63) is 24.2 Å². The molecule has 0 amide bonds. The van der Waals surface area contributed by atoms with Gasteiger partial charge in [-0.3, -0.25) is 4.99 Å². The van der Waals surface area contributed by atoms with Crippen LogP contribution in [0, 0.1) is 0 Å². The van der Waals surface area contributed by atoms with Gasteiger partial charge in [0.05, 0.1) is 11.7 Å². The molecule has 0 radical (unpaired) electrons. The molecule has 0 aromatic heterocycles. The molecule has 0 bridgehead atoms. The van der Waals surface area contributed by atoms with Crippen LogP contribution in [-0.4, -0.2) is 16.7 Å². The van der Waals surface area contributed by atoms with Crippen LogP contribution < -0.4 is 0 Å². The summed E-state index contributed by atoms with van der Waals surface area (Å²) in [5.41, 5.74) is 2.25. The van der Waals surface area contributed by atoms with Crippen molar-refractivity contribution in [2.75, 3.05) is 0 Å². The first-order valence-electron chi connectivity index (χ1n) is 4.29. The van der Waals surface area contributed by atoms with Crippen LogP contribution in [0.3, 0.4) is 0 Å². The number of hydrogen-bond acceptors (Lipinski definition) is 2. The third-order valence-electron chi connectivity index (χ3n) is 2.06. The molecular weight excluding hydrogens is 148 g/mol. The quantitative estimate of drug-likeness (QED) is 0.581. The Morgan fingerprint density at radius 2 is 2.17 bits per heavy atom. The standard InChI is InChI=1S/C10H16N2/c1-5-6-12-7-8(2)11-9(3)10(12)4/h5-7,10H,1-4H3. The first kappa shape index (κ1) is 9.04. The first-order chi connectivity index (χ1) is 5.65. The van der Waals surface area contributed by atoms with Gasteiger partial charge in [0.2, 0.25) is 0 Å². The summed E-state index contributed by atoms with van der Waals surface area (Å²) in [6.45, 7) is 8.27. The Labute approximate surface area is 74.3 Å². The fourth-order valence-corrected chi connectivity index (χ4v) is 1.29. The minimum Gasteiger partial charge on any atom is -0.344 e. The van der Waals surface area contributed by atoms with Crippen molar-refractivity contribution in [3.63, 3.8) is 0 Å². The van der Waals surface area contributed by atoms with E-state index in [4.69, 9.17) is 0 Å². The molecule has 12 heavy (non-hydrogen) atoms. The van der Waals surface area contributed by atoms with E-state index in [9.17, 15) is 0 Å². The predicted molar refractivity (Wildman–Crippen MR) is 53.0 cm³/mol. The first-order valence-corrected chi connectivity index (χ1v) is 4.29. The summed E-state index contributed by atoms with van der Waals surface area (Å²) in [7, 11) is 0. The zero-order chi connectivity index (χ0) is 9.14. The highest BCUT2D eigenvalue weighted by Crippen LogP contribution is 2.13. The Morgan fingerprint density at radius 1 is 1.50 bits per heavy atom. The number of allylic oxidation sites excluding steroid dienone is 2. The molecule has 1 unspecified atom stereocenters. The molecule has 0 spiro atoms. The summed E-state index contributed by atoms with van der Waals surface area (Å²) in [6.07, 6.45) is 6.18. The molecule has 2 nitrogen and oxygen atoms in total. The average Bonchev–Trinajstić information content (AvgIpc) is 2.00. The van der Waals surface area contributed by atoms with Crippen molar-refractivity contribution in [1.82, 2.24) is 4.90 Å². The molecule has 1 aliphatic rings. The Kier molecular flexibility index (Phi) is 2.69. The van der Waals surface area contributed by atoms with E-state index in [0.717, 1.165) is 5.70 Å². The maximum Gasteiger partial charge on any atom is 0.0681 e. The molecule has 0 saturated carbocycles. The van der Waals surface area contributed by atoms with Gasteiger partial charge in [-0.25, -0.2) is 0 Å². The van der Waals surface area contributed by atoms with Gasteiger partial charge < -0.3 is 4.90 Å². The van der Waals surface area contributed by atoms with Gasteiger partial charge >= 0.3 is 0 Å². The van der Waals surface area contributed by atoms with Crippen molar-refractivity contribution < 1.29 is 0 Å². The molecule has 66 valence electrons. The highest BCUT2D eigenvalue weighted by Gasteiger charge is 2.14. The van der Waals surface area contributed by atoms with Crippen LogP contribution in [0.25, 0.3) is 0 Å². The maximum atomic E-state index is 4.40. The largest absolute Gasteiger partial charge is 0.344 e. The van der Waals surface area contributed by atoms with E-state index >= 15 is 0 Å². The Balaban J connectivity index is 2.86. The number of nitrogens with zero attached hydrogens (tertiary/aromatic N) is 2. The van der Waals surface area contributed by atoms with Crippen LogP contribution in [-0.2, 0) is 0 Å². The summed E-state index contributed by atoms with van der Waals surface area (Å²) in [6, 6.07) is 0.393. The third-order valence-corrected chi connectivity index (χ3v) is 2.06. The topological polar surface area (TPSA) is 15.6 Å². The molecule has 1 heterocycles. The minimum absolute atomic E-state index is 0.393. The van der Waals surface area contributed by atoms with Gasteiger partial charge in [0.15, 0.2) is 0 Å². The van der Waals surface area contributed by atoms with Gasteiger partial charge in [-0.1, -0.05) is 6.08 Å².